The molecule has 2 rings (SSSR count). The summed E-state index contributed by atoms with van der Waals surface area (Å²) in [6.07, 6.45) is 17.2. The lowest BCUT2D eigenvalue weighted by Gasteiger charge is -2.19. The summed E-state index contributed by atoms with van der Waals surface area (Å²) >= 11 is 21.2. The molecule has 0 spiro atoms. The molecule has 0 aliphatic carbocycles. The maximum Gasteiger partial charge on any atom is 0.206 e. The number of alkyl halides is 2. The van der Waals surface area contributed by atoms with E-state index in [2.05, 4.69) is 109 Å². The second kappa shape index (κ2) is 26.5. The van der Waals surface area contributed by atoms with Gasteiger partial charge in [0.15, 0.2) is 0 Å². The van der Waals surface area contributed by atoms with Crippen LogP contribution in [0.15, 0.2) is 51.9 Å². The first-order valence-corrected chi connectivity index (χ1v) is 24.1. The molecule has 2 unspecified atom stereocenters. The molecule has 0 saturated carbocycles. The van der Waals surface area contributed by atoms with E-state index in [4.69, 9.17) is 18.9 Å². The zero-order valence-electron chi connectivity index (χ0n) is 28.7. The van der Waals surface area contributed by atoms with Gasteiger partial charge in [-0.05, 0) is 101 Å². The first kappa shape index (κ1) is 45.9. The third-order valence-corrected chi connectivity index (χ3v) is 13.2. The molecule has 280 valence electrons. The number of hydrogen-bond donors (Lipinski definition) is 0. The van der Waals surface area contributed by atoms with Crippen LogP contribution in [-0.4, -0.2) is 57.7 Å². The van der Waals surface area contributed by atoms with Gasteiger partial charge in [-0.2, -0.15) is 0 Å². The van der Waals surface area contributed by atoms with E-state index in [0.717, 1.165) is 19.4 Å². The summed E-state index contributed by atoms with van der Waals surface area (Å²) < 4.78 is 53.6. The van der Waals surface area contributed by atoms with Crippen molar-refractivity contribution in [3.05, 3.63) is 42.2 Å². The summed E-state index contributed by atoms with van der Waals surface area (Å²) in [6, 6.07) is 6.24. The van der Waals surface area contributed by atoms with Crippen LogP contribution in [0, 0.1) is 0 Å². The predicted octanol–water partition coefficient (Wildman–Crippen LogP) is 13.4. The molecular formula is C36H52Br6O6S. The van der Waals surface area contributed by atoms with Gasteiger partial charge in [-0.3, -0.25) is 0 Å². The van der Waals surface area contributed by atoms with Gasteiger partial charge in [0.05, 0.1) is 39.1 Å². The number of sulfone groups is 1. The lowest BCUT2D eigenvalue weighted by Crippen LogP contribution is -2.24. The first-order valence-electron chi connectivity index (χ1n) is 17.4. The van der Waals surface area contributed by atoms with Crippen molar-refractivity contribution in [2.24, 2.45) is 0 Å². The number of halogens is 6. The third-order valence-electron chi connectivity index (χ3n) is 7.85. The molecule has 0 radical (unpaired) electrons. The Morgan fingerprint density at radius 3 is 1.45 bits per heavy atom. The highest BCUT2D eigenvalue weighted by atomic mass is 79.9. The van der Waals surface area contributed by atoms with Crippen molar-refractivity contribution in [1.29, 1.82) is 0 Å². The van der Waals surface area contributed by atoms with Gasteiger partial charge in [-0.15, -0.1) is 0 Å². The largest absolute Gasteiger partial charge is 0.490 e. The van der Waals surface area contributed by atoms with Gasteiger partial charge in [0.1, 0.15) is 30.8 Å². The number of ether oxygens (including phenoxy) is 4. The number of rotatable bonds is 28. The van der Waals surface area contributed by atoms with E-state index in [0.29, 0.717) is 61.1 Å². The lowest BCUT2D eigenvalue weighted by atomic mass is 10.1. The minimum atomic E-state index is -3.87. The fourth-order valence-electron chi connectivity index (χ4n) is 5.01. The molecule has 0 bridgehead atoms. The van der Waals surface area contributed by atoms with Gasteiger partial charge >= 0.3 is 0 Å². The Bertz CT molecular complexity index is 1280. The standard InChI is InChI=1S/C36H52Br6O6S/c1-3-5-7-9-11-13-15-17-45-24-27(38)25-47-35-31(39)19-29(20-32(35)40)49(43,44)30-21-33(41)36(34(42)22-30)48-26-28(23-37)46-18-16-14-12-10-8-6-4-2/h19-22,27-28H,3-18,23-26H2,1-2H3. The summed E-state index contributed by atoms with van der Waals surface area (Å²) in [5, 5.41) is 0.637. The van der Waals surface area contributed by atoms with E-state index >= 15 is 0 Å². The highest BCUT2D eigenvalue weighted by molar-refractivity contribution is 9.11. The van der Waals surface area contributed by atoms with Gasteiger partial charge < -0.3 is 18.9 Å². The molecule has 0 aliphatic heterocycles. The first-order chi connectivity index (χ1) is 23.5. The van der Waals surface area contributed by atoms with Crippen LogP contribution in [0.3, 0.4) is 0 Å². The van der Waals surface area contributed by atoms with Crippen molar-refractivity contribution in [3.8, 4) is 11.5 Å². The summed E-state index contributed by atoms with van der Waals surface area (Å²) in [5.41, 5.74) is 0. The SMILES string of the molecule is CCCCCCCCCOCC(Br)COc1c(Br)cc(S(=O)(=O)c2cc(Br)c(OCC(CBr)OCCCCCCCCC)c(Br)c2)cc1Br. The minimum absolute atomic E-state index is 0.00355. The molecule has 0 saturated heterocycles. The van der Waals surface area contributed by atoms with E-state index in [1.54, 1.807) is 24.3 Å². The smallest absolute Gasteiger partial charge is 0.206 e. The third kappa shape index (κ3) is 17.7. The van der Waals surface area contributed by atoms with Crippen LogP contribution in [0.4, 0.5) is 0 Å². The Balaban J connectivity index is 1.91. The molecule has 0 aromatic heterocycles. The molecule has 2 atom stereocenters. The molecule has 0 heterocycles. The minimum Gasteiger partial charge on any atom is -0.490 e. The molecule has 0 aliphatic rings. The topological polar surface area (TPSA) is 71.1 Å². The molecule has 2 aromatic carbocycles. The molecule has 0 amide bonds. The summed E-state index contributed by atoms with van der Waals surface area (Å²) in [5.74, 6) is 1.04. The molecule has 0 N–H and O–H groups in total. The Kier molecular flexibility index (Phi) is 24.9. The van der Waals surface area contributed by atoms with Gasteiger partial charge in [0.25, 0.3) is 0 Å². The summed E-state index contributed by atoms with van der Waals surface area (Å²) in [6.45, 7) is 7.11. The van der Waals surface area contributed by atoms with Gasteiger partial charge in [-0.25, -0.2) is 8.42 Å². The van der Waals surface area contributed by atoms with Crippen LogP contribution in [0.5, 0.6) is 11.5 Å². The molecule has 6 nitrogen and oxygen atoms in total. The van der Waals surface area contributed by atoms with Crippen molar-refractivity contribution in [3.63, 3.8) is 0 Å². The second-order valence-corrected chi connectivity index (χ2v) is 19.4. The Morgan fingerprint density at radius 2 is 1.00 bits per heavy atom. The predicted molar refractivity (Wildman–Crippen MR) is 223 cm³/mol. The van der Waals surface area contributed by atoms with Crippen LogP contribution in [0.1, 0.15) is 104 Å². The lowest BCUT2D eigenvalue weighted by molar-refractivity contribution is 0.0335. The Labute approximate surface area is 346 Å². The van der Waals surface area contributed by atoms with Crippen molar-refractivity contribution >= 4 is 105 Å². The van der Waals surface area contributed by atoms with Crippen molar-refractivity contribution in [1.82, 2.24) is 0 Å². The molecule has 49 heavy (non-hydrogen) atoms. The molecule has 0 fully saturated rings. The van der Waals surface area contributed by atoms with Crippen molar-refractivity contribution in [2.75, 3.05) is 38.4 Å². The highest BCUT2D eigenvalue weighted by Gasteiger charge is 2.24. The zero-order valence-corrected chi connectivity index (χ0v) is 39.1. The highest BCUT2D eigenvalue weighted by Crippen LogP contribution is 2.41. The normalized spacial score (nSPS) is 13.1. The number of hydrogen-bond acceptors (Lipinski definition) is 6. The van der Waals surface area contributed by atoms with E-state index in [-0.39, 0.29) is 20.7 Å². The Hall–Kier alpha value is 0.790. The van der Waals surface area contributed by atoms with E-state index < -0.39 is 9.84 Å². The fourth-order valence-corrected chi connectivity index (χ4v) is 10.5. The zero-order chi connectivity index (χ0) is 36.1. The van der Waals surface area contributed by atoms with Crippen molar-refractivity contribution < 1.29 is 27.4 Å². The van der Waals surface area contributed by atoms with Gasteiger partial charge in [0.2, 0.25) is 9.84 Å². The average molecular weight is 1090 g/mol. The molecule has 2 aromatic rings. The maximum absolute atomic E-state index is 13.7. The van der Waals surface area contributed by atoms with Crippen LogP contribution in [0.25, 0.3) is 0 Å². The molecular weight excluding hydrogens is 1040 g/mol. The van der Waals surface area contributed by atoms with E-state index in [9.17, 15) is 8.42 Å². The van der Waals surface area contributed by atoms with Crippen LogP contribution >= 0.6 is 95.6 Å². The second-order valence-electron chi connectivity index (χ2n) is 12.1. The quantitative estimate of drug-likeness (QED) is 0.0625. The fraction of sp³-hybridized carbons (Fsp3) is 0.667. The van der Waals surface area contributed by atoms with Crippen LogP contribution in [-0.2, 0) is 19.3 Å². The van der Waals surface area contributed by atoms with E-state index in [1.165, 1.54) is 77.0 Å². The number of benzene rings is 2. The number of unbranched alkanes of at least 4 members (excludes halogenated alkanes) is 12. The van der Waals surface area contributed by atoms with Crippen molar-refractivity contribution in [2.45, 2.75) is 124 Å². The van der Waals surface area contributed by atoms with Crippen LogP contribution < -0.4 is 9.47 Å². The summed E-state index contributed by atoms with van der Waals surface area (Å²) in [7, 11) is -3.87. The van der Waals surface area contributed by atoms with E-state index in [1.807, 2.05) is 0 Å². The van der Waals surface area contributed by atoms with Gasteiger partial charge in [-0.1, -0.05) is 123 Å². The Morgan fingerprint density at radius 1 is 0.592 bits per heavy atom. The maximum atomic E-state index is 13.7. The molecule has 13 heteroatoms. The van der Waals surface area contributed by atoms with Gasteiger partial charge in [0, 0.05) is 18.5 Å². The summed E-state index contributed by atoms with van der Waals surface area (Å²) in [4.78, 5) is 0.241. The average Bonchev–Trinajstić information content (AvgIpc) is 3.06. The van der Waals surface area contributed by atoms with Crippen LogP contribution in [0.2, 0.25) is 0 Å². The monoisotopic (exact) mass is 1090 g/mol.